The van der Waals surface area contributed by atoms with E-state index in [1.54, 1.807) is 20.8 Å². The van der Waals surface area contributed by atoms with E-state index in [-0.39, 0.29) is 28.6 Å². The van der Waals surface area contributed by atoms with Gasteiger partial charge in [-0.1, -0.05) is 0 Å². The molecule has 0 saturated carbocycles. The summed E-state index contributed by atoms with van der Waals surface area (Å²) in [6.07, 6.45) is -1.65. The van der Waals surface area contributed by atoms with E-state index in [0.717, 1.165) is 6.92 Å². The monoisotopic (exact) mass is 358 g/mol. The largest absolute Gasteiger partial charge is 0.462 e. The number of fused-ring (bicyclic) bond motifs is 1. The third-order valence-corrected chi connectivity index (χ3v) is 4.02. The number of carbonyl (C=O) groups excluding carboxylic acids is 2. The Morgan fingerprint density at radius 1 is 1.42 bits per heavy atom. The Kier molecular flexibility index (Phi) is 5.44. The molecule has 0 radical (unpaired) electrons. The number of aryl methyl sites for hydroxylation is 2. The highest BCUT2D eigenvalue weighted by Crippen LogP contribution is 2.28. The summed E-state index contributed by atoms with van der Waals surface area (Å²) in [4.78, 5) is 38.9. The zero-order chi connectivity index (χ0) is 19.6. The molecule has 0 aliphatic heterocycles. The number of nitrogens with zero attached hydrogens (tertiary/aromatic N) is 3. The SMILES string of the molecule is CCOC(=O)c1c(C)cc2c(C(O)C(=[N+]=[N-])C(C)=O)n[nH]c(=O)c2c1C. The Hall–Kier alpha value is -3.16. The second-order valence-corrected chi connectivity index (χ2v) is 5.72. The van der Waals surface area contributed by atoms with Crippen molar-refractivity contribution in [2.75, 3.05) is 6.61 Å². The van der Waals surface area contributed by atoms with Crippen molar-refractivity contribution in [1.82, 2.24) is 10.2 Å². The molecule has 2 N–H and O–H groups in total. The maximum absolute atomic E-state index is 12.3. The number of rotatable bonds is 5. The third-order valence-electron chi connectivity index (χ3n) is 4.02. The number of hydrogen-bond donors (Lipinski definition) is 2. The van der Waals surface area contributed by atoms with Crippen LogP contribution < -0.4 is 5.56 Å². The smallest absolute Gasteiger partial charge is 0.368 e. The summed E-state index contributed by atoms with van der Waals surface area (Å²) in [7, 11) is 0. The summed E-state index contributed by atoms with van der Waals surface area (Å²) in [5.74, 6) is -1.22. The average molecular weight is 358 g/mol. The van der Waals surface area contributed by atoms with Gasteiger partial charge >= 0.3 is 11.7 Å². The maximum atomic E-state index is 12.3. The fraction of sp³-hybridized carbons (Fsp3) is 0.353. The van der Waals surface area contributed by atoms with Gasteiger partial charge in [0.2, 0.25) is 11.9 Å². The molecule has 9 nitrogen and oxygen atoms in total. The summed E-state index contributed by atoms with van der Waals surface area (Å²) in [5.41, 5.74) is 8.96. The molecular weight excluding hydrogens is 340 g/mol. The fourth-order valence-electron chi connectivity index (χ4n) is 2.88. The summed E-state index contributed by atoms with van der Waals surface area (Å²) < 4.78 is 5.03. The Morgan fingerprint density at radius 3 is 2.62 bits per heavy atom. The molecule has 0 fully saturated rings. The number of carbonyl (C=O) groups is 2. The summed E-state index contributed by atoms with van der Waals surface area (Å²) in [6.45, 7) is 6.22. The molecule has 1 unspecified atom stereocenters. The Labute approximate surface area is 148 Å². The molecule has 1 heterocycles. The molecule has 0 amide bonds. The van der Waals surface area contributed by atoms with Gasteiger partial charge in [0, 0.05) is 12.3 Å². The minimum absolute atomic E-state index is 0.0655. The van der Waals surface area contributed by atoms with Crippen LogP contribution in [-0.2, 0) is 9.53 Å². The van der Waals surface area contributed by atoms with Crippen molar-refractivity contribution in [2.24, 2.45) is 0 Å². The lowest BCUT2D eigenvalue weighted by Crippen LogP contribution is -2.25. The normalized spacial score (nSPS) is 11.7. The molecule has 1 atom stereocenters. The van der Waals surface area contributed by atoms with E-state index in [0.29, 0.717) is 11.1 Å². The molecule has 136 valence electrons. The van der Waals surface area contributed by atoms with Crippen LogP contribution in [0.25, 0.3) is 16.3 Å². The van der Waals surface area contributed by atoms with E-state index < -0.39 is 29.1 Å². The zero-order valence-electron chi connectivity index (χ0n) is 14.8. The number of esters is 1. The van der Waals surface area contributed by atoms with Crippen LogP contribution in [0, 0.1) is 13.8 Å². The third kappa shape index (κ3) is 3.17. The fourth-order valence-corrected chi connectivity index (χ4v) is 2.88. The zero-order valence-corrected chi connectivity index (χ0v) is 14.8. The highest BCUT2D eigenvalue weighted by atomic mass is 16.5. The minimum atomic E-state index is -1.65. The highest BCUT2D eigenvalue weighted by Gasteiger charge is 2.32. The predicted octanol–water partition coefficient (Wildman–Crippen LogP) is 1.01. The van der Waals surface area contributed by atoms with Gasteiger partial charge in [0.15, 0.2) is 0 Å². The molecule has 2 rings (SSSR count). The second-order valence-electron chi connectivity index (χ2n) is 5.72. The lowest BCUT2D eigenvalue weighted by molar-refractivity contribution is -0.117. The number of ether oxygens (including phenoxy) is 1. The number of hydrogen-bond acceptors (Lipinski definition) is 6. The molecule has 0 aliphatic carbocycles. The standard InChI is InChI=1S/C17H18N4O5/c1-5-26-17(25)11-7(2)6-10-12(8(11)3)16(24)21-20-14(10)15(23)13(19-18)9(4)22/h6,15,23H,5H2,1-4H3,(H,21,24). The molecular formula is C17H18N4O5. The van der Waals surface area contributed by atoms with Crippen LogP contribution in [0.5, 0.6) is 0 Å². The van der Waals surface area contributed by atoms with E-state index in [1.165, 1.54) is 6.07 Å². The van der Waals surface area contributed by atoms with Crippen molar-refractivity contribution < 1.29 is 24.2 Å². The van der Waals surface area contributed by atoms with Crippen LogP contribution in [0.4, 0.5) is 0 Å². The predicted molar refractivity (Wildman–Crippen MR) is 92.1 cm³/mol. The van der Waals surface area contributed by atoms with Crippen LogP contribution >= 0.6 is 0 Å². The number of aliphatic hydroxyl groups is 1. The Bertz CT molecular complexity index is 1020. The number of benzene rings is 1. The first-order valence-electron chi connectivity index (χ1n) is 7.85. The van der Waals surface area contributed by atoms with Crippen LogP contribution in [0.2, 0.25) is 0 Å². The summed E-state index contributed by atoms with van der Waals surface area (Å²) in [6, 6.07) is 1.50. The van der Waals surface area contributed by atoms with Crippen molar-refractivity contribution >= 4 is 28.2 Å². The van der Waals surface area contributed by atoms with E-state index in [2.05, 4.69) is 15.0 Å². The van der Waals surface area contributed by atoms with Gasteiger partial charge in [0.1, 0.15) is 5.69 Å². The van der Waals surface area contributed by atoms with Gasteiger partial charge in [0.25, 0.3) is 5.56 Å². The number of nitrogens with one attached hydrogen (secondary N) is 1. The van der Waals surface area contributed by atoms with E-state index in [4.69, 9.17) is 10.3 Å². The maximum Gasteiger partial charge on any atom is 0.368 e. The topological polar surface area (TPSA) is 146 Å². The molecule has 9 heteroatoms. The van der Waals surface area contributed by atoms with Crippen LogP contribution in [-0.4, -0.2) is 44.2 Å². The van der Waals surface area contributed by atoms with E-state index in [9.17, 15) is 19.5 Å². The van der Waals surface area contributed by atoms with Gasteiger partial charge in [0.05, 0.1) is 17.6 Å². The molecule has 26 heavy (non-hydrogen) atoms. The lowest BCUT2D eigenvalue weighted by atomic mass is 9.93. The van der Waals surface area contributed by atoms with E-state index in [1.807, 2.05) is 0 Å². The molecule has 0 spiro atoms. The molecule has 1 aromatic heterocycles. The van der Waals surface area contributed by atoms with Crippen molar-refractivity contribution in [2.45, 2.75) is 33.8 Å². The van der Waals surface area contributed by atoms with Gasteiger partial charge < -0.3 is 15.4 Å². The minimum Gasteiger partial charge on any atom is -0.462 e. The Balaban J connectivity index is 2.85. The highest BCUT2D eigenvalue weighted by molar-refractivity contribution is 6.38. The first kappa shape index (κ1) is 19.2. The molecule has 2 aromatic rings. The first-order valence-corrected chi connectivity index (χ1v) is 7.85. The Morgan fingerprint density at radius 2 is 2.08 bits per heavy atom. The van der Waals surface area contributed by atoms with Gasteiger partial charge in [-0.15, -0.1) is 0 Å². The second kappa shape index (κ2) is 7.38. The number of aromatic nitrogens is 2. The van der Waals surface area contributed by atoms with Crippen molar-refractivity contribution in [3.63, 3.8) is 0 Å². The molecule has 0 aliphatic rings. The summed E-state index contributed by atoms with van der Waals surface area (Å²) in [5, 5.41) is 16.8. The van der Waals surface area contributed by atoms with Crippen LogP contribution in [0.3, 0.4) is 0 Å². The summed E-state index contributed by atoms with van der Waals surface area (Å²) >= 11 is 0. The van der Waals surface area contributed by atoms with E-state index >= 15 is 0 Å². The number of Topliss-reactive ketones (excluding diaryl/α,β-unsaturated/α-hetero) is 1. The van der Waals surface area contributed by atoms with Gasteiger partial charge in [-0.3, -0.25) is 9.59 Å². The van der Waals surface area contributed by atoms with Crippen molar-refractivity contribution in [1.29, 1.82) is 0 Å². The van der Waals surface area contributed by atoms with Gasteiger partial charge in [-0.05, 0) is 38.0 Å². The molecule has 0 saturated heterocycles. The molecule has 0 bridgehead atoms. The van der Waals surface area contributed by atoms with Gasteiger partial charge in [-0.25, -0.2) is 9.89 Å². The number of H-pyrrole nitrogens is 1. The lowest BCUT2D eigenvalue weighted by Gasteiger charge is -2.14. The van der Waals surface area contributed by atoms with Crippen molar-refractivity contribution in [3.05, 3.63) is 44.3 Å². The first-order chi connectivity index (χ1) is 12.2. The average Bonchev–Trinajstić information content (AvgIpc) is 2.55. The van der Waals surface area contributed by atoms with Crippen molar-refractivity contribution in [3.8, 4) is 0 Å². The quantitative estimate of drug-likeness (QED) is 0.353. The molecule has 1 aromatic carbocycles. The number of aromatic amines is 1. The van der Waals surface area contributed by atoms with Gasteiger partial charge in [-0.2, -0.15) is 9.89 Å². The van der Waals surface area contributed by atoms with Crippen LogP contribution in [0.15, 0.2) is 10.9 Å². The van der Waals surface area contributed by atoms with Crippen LogP contribution in [0.1, 0.15) is 47.1 Å². The number of ketones is 1. The number of aliphatic hydroxyl groups excluding tert-OH is 1.